The third kappa shape index (κ3) is 5.55. The van der Waals surface area contributed by atoms with Gasteiger partial charge in [-0.3, -0.25) is 4.90 Å². The summed E-state index contributed by atoms with van der Waals surface area (Å²) >= 11 is 5.92. The van der Waals surface area contributed by atoms with Gasteiger partial charge in [-0.2, -0.15) is 4.31 Å². The molecular formula is C20H25ClN2O2S. The van der Waals surface area contributed by atoms with Gasteiger partial charge in [-0.05, 0) is 36.1 Å². The molecule has 2 aromatic carbocycles. The summed E-state index contributed by atoms with van der Waals surface area (Å²) < 4.78 is 26.8. The highest BCUT2D eigenvalue weighted by molar-refractivity contribution is 7.89. The number of halogens is 1. The number of rotatable bonds is 7. The quantitative estimate of drug-likeness (QED) is 0.724. The minimum atomic E-state index is -3.17. The highest BCUT2D eigenvalue weighted by Crippen LogP contribution is 2.15. The largest absolute Gasteiger partial charge is 0.296 e. The molecule has 0 aromatic heterocycles. The average molecular weight is 393 g/mol. The summed E-state index contributed by atoms with van der Waals surface area (Å²) in [6, 6.07) is 17.9. The van der Waals surface area contributed by atoms with Crippen LogP contribution >= 0.6 is 11.6 Å². The number of benzene rings is 2. The van der Waals surface area contributed by atoms with Crippen LogP contribution in [0.2, 0.25) is 5.02 Å². The fourth-order valence-electron chi connectivity index (χ4n) is 3.25. The van der Waals surface area contributed by atoms with Gasteiger partial charge in [0, 0.05) is 37.7 Å². The highest BCUT2D eigenvalue weighted by Gasteiger charge is 2.26. The molecule has 0 amide bonds. The SMILES string of the molecule is O=S(=O)(CCCc1ccccc1)N1CCN(Cc2ccc(Cl)cc2)CC1. The van der Waals surface area contributed by atoms with Crippen molar-refractivity contribution in [2.45, 2.75) is 19.4 Å². The second-order valence-electron chi connectivity index (χ2n) is 6.71. The Morgan fingerprint density at radius 1 is 0.846 bits per heavy atom. The average Bonchev–Trinajstić information content (AvgIpc) is 2.65. The molecule has 1 fully saturated rings. The summed E-state index contributed by atoms with van der Waals surface area (Å²) in [6.45, 7) is 3.50. The van der Waals surface area contributed by atoms with Gasteiger partial charge in [0.1, 0.15) is 0 Å². The molecule has 1 heterocycles. The van der Waals surface area contributed by atoms with Crippen LogP contribution in [0.15, 0.2) is 54.6 Å². The third-order valence-corrected chi connectivity index (χ3v) is 6.96. The second-order valence-corrected chi connectivity index (χ2v) is 9.23. The second kappa shape index (κ2) is 9.00. The van der Waals surface area contributed by atoms with Crippen molar-refractivity contribution in [3.8, 4) is 0 Å². The van der Waals surface area contributed by atoms with Crippen LogP contribution in [0.1, 0.15) is 17.5 Å². The van der Waals surface area contributed by atoms with Crippen molar-refractivity contribution in [1.29, 1.82) is 0 Å². The van der Waals surface area contributed by atoms with Crippen LogP contribution in [0.25, 0.3) is 0 Å². The van der Waals surface area contributed by atoms with Gasteiger partial charge in [0.2, 0.25) is 10.0 Å². The summed E-state index contributed by atoms with van der Waals surface area (Å²) in [5, 5.41) is 0.736. The van der Waals surface area contributed by atoms with E-state index in [-0.39, 0.29) is 5.75 Å². The Hall–Kier alpha value is -1.40. The molecule has 0 N–H and O–H groups in total. The lowest BCUT2D eigenvalue weighted by molar-refractivity contribution is 0.181. The molecule has 0 unspecified atom stereocenters. The Balaban J connectivity index is 1.44. The molecule has 2 aromatic rings. The van der Waals surface area contributed by atoms with Crippen LogP contribution in [0.3, 0.4) is 0 Å². The van der Waals surface area contributed by atoms with Crippen LogP contribution < -0.4 is 0 Å². The number of hydrogen-bond donors (Lipinski definition) is 0. The van der Waals surface area contributed by atoms with Gasteiger partial charge in [-0.25, -0.2) is 8.42 Å². The molecule has 0 atom stereocenters. The number of hydrogen-bond acceptors (Lipinski definition) is 3. The maximum absolute atomic E-state index is 12.6. The molecule has 4 nitrogen and oxygen atoms in total. The van der Waals surface area contributed by atoms with Crippen LogP contribution in [0.5, 0.6) is 0 Å². The van der Waals surface area contributed by atoms with Crippen molar-refractivity contribution in [1.82, 2.24) is 9.21 Å². The van der Waals surface area contributed by atoms with E-state index in [1.807, 2.05) is 54.6 Å². The molecule has 3 rings (SSSR count). The summed E-state index contributed by atoms with van der Waals surface area (Å²) in [5.41, 5.74) is 2.39. The highest BCUT2D eigenvalue weighted by atomic mass is 35.5. The zero-order valence-corrected chi connectivity index (χ0v) is 16.4. The van der Waals surface area contributed by atoms with E-state index < -0.39 is 10.0 Å². The fourth-order valence-corrected chi connectivity index (χ4v) is 4.86. The Morgan fingerprint density at radius 3 is 2.15 bits per heavy atom. The lowest BCUT2D eigenvalue weighted by atomic mass is 10.1. The molecule has 0 radical (unpaired) electrons. The van der Waals surface area contributed by atoms with Gasteiger partial charge < -0.3 is 0 Å². The molecule has 140 valence electrons. The van der Waals surface area contributed by atoms with Crippen LogP contribution in [-0.4, -0.2) is 49.6 Å². The van der Waals surface area contributed by atoms with Gasteiger partial charge in [0.25, 0.3) is 0 Å². The van der Waals surface area contributed by atoms with Crippen LogP contribution in [0, 0.1) is 0 Å². The number of sulfonamides is 1. The first-order valence-corrected chi connectivity index (χ1v) is 11.0. The van der Waals surface area contributed by atoms with Crippen molar-refractivity contribution in [2.24, 2.45) is 0 Å². The third-order valence-electron chi connectivity index (χ3n) is 4.75. The van der Waals surface area contributed by atoms with E-state index in [9.17, 15) is 8.42 Å². The smallest absolute Gasteiger partial charge is 0.214 e. The van der Waals surface area contributed by atoms with Crippen molar-refractivity contribution in [2.75, 3.05) is 31.9 Å². The first kappa shape index (κ1) is 19.4. The topological polar surface area (TPSA) is 40.6 Å². The van der Waals surface area contributed by atoms with Gasteiger partial charge in [-0.1, -0.05) is 54.1 Å². The number of aryl methyl sites for hydroxylation is 1. The van der Waals surface area contributed by atoms with E-state index >= 15 is 0 Å². The first-order chi connectivity index (χ1) is 12.5. The van der Waals surface area contributed by atoms with Crippen molar-refractivity contribution < 1.29 is 8.42 Å². The molecule has 1 saturated heterocycles. The van der Waals surface area contributed by atoms with E-state index in [2.05, 4.69) is 4.90 Å². The summed E-state index contributed by atoms with van der Waals surface area (Å²) in [6.07, 6.45) is 1.47. The van der Waals surface area contributed by atoms with E-state index in [1.165, 1.54) is 11.1 Å². The molecule has 26 heavy (non-hydrogen) atoms. The summed E-state index contributed by atoms with van der Waals surface area (Å²) in [5.74, 6) is 0.221. The molecule has 0 spiro atoms. The molecular weight excluding hydrogens is 368 g/mol. The van der Waals surface area contributed by atoms with Crippen LogP contribution in [0.4, 0.5) is 0 Å². The van der Waals surface area contributed by atoms with Gasteiger partial charge in [0.15, 0.2) is 0 Å². The molecule has 0 aliphatic carbocycles. The normalized spacial score (nSPS) is 16.7. The van der Waals surface area contributed by atoms with Crippen molar-refractivity contribution in [3.05, 3.63) is 70.7 Å². The zero-order chi connectivity index (χ0) is 18.4. The summed E-state index contributed by atoms with van der Waals surface area (Å²) in [7, 11) is -3.17. The first-order valence-electron chi connectivity index (χ1n) is 9.01. The van der Waals surface area contributed by atoms with Gasteiger partial charge in [-0.15, -0.1) is 0 Å². The Morgan fingerprint density at radius 2 is 1.50 bits per heavy atom. The maximum Gasteiger partial charge on any atom is 0.214 e. The monoisotopic (exact) mass is 392 g/mol. The Labute approximate surface area is 161 Å². The molecule has 6 heteroatoms. The minimum Gasteiger partial charge on any atom is -0.296 e. The lowest BCUT2D eigenvalue weighted by Gasteiger charge is -2.34. The van der Waals surface area contributed by atoms with Crippen LogP contribution in [-0.2, 0) is 23.0 Å². The van der Waals surface area contributed by atoms with Gasteiger partial charge in [0.05, 0.1) is 5.75 Å². The number of piperazine rings is 1. The fraction of sp³-hybridized carbons (Fsp3) is 0.400. The predicted molar refractivity (Wildman–Crippen MR) is 107 cm³/mol. The van der Waals surface area contributed by atoms with Crippen molar-refractivity contribution in [3.63, 3.8) is 0 Å². The minimum absolute atomic E-state index is 0.221. The van der Waals surface area contributed by atoms with E-state index in [0.717, 1.165) is 31.1 Å². The molecule has 0 saturated carbocycles. The maximum atomic E-state index is 12.6. The standard InChI is InChI=1S/C20H25ClN2O2S/c21-20-10-8-19(9-11-20)17-22-12-14-23(15-13-22)26(24,25)16-4-7-18-5-2-1-3-6-18/h1-3,5-6,8-11H,4,7,12-17H2. The molecule has 0 bridgehead atoms. The van der Waals surface area contributed by atoms with E-state index in [0.29, 0.717) is 19.5 Å². The molecule has 1 aliphatic rings. The number of nitrogens with zero attached hydrogens (tertiary/aromatic N) is 2. The Bertz CT molecular complexity index is 786. The van der Waals surface area contributed by atoms with E-state index in [1.54, 1.807) is 4.31 Å². The Kier molecular flexibility index (Phi) is 6.70. The van der Waals surface area contributed by atoms with Gasteiger partial charge >= 0.3 is 0 Å². The van der Waals surface area contributed by atoms with E-state index in [4.69, 9.17) is 11.6 Å². The summed E-state index contributed by atoms with van der Waals surface area (Å²) in [4.78, 5) is 2.29. The predicted octanol–water partition coefficient (Wildman–Crippen LogP) is 3.42. The zero-order valence-electron chi connectivity index (χ0n) is 14.9. The van der Waals surface area contributed by atoms with Crippen molar-refractivity contribution >= 4 is 21.6 Å². The lowest BCUT2D eigenvalue weighted by Crippen LogP contribution is -2.48. The molecule has 1 aliphatic heterocycles.